The van der Waals surface area contributed by atoms with E-state index >= 15 is 0 Å². The average Bonchev–Trinajstić information content (AvgIpc) is 3.35. The number of unbranched alkanes of at least 4 members (excludes halogenated alkanes) is 1. The molecule has 0 aliphatic carbocycles. The lowest BCUT2D eigenvalue weighted by Gasteiger charge is -2.12. The number of hydrogen-bond acceptors (Lipinski definition) is 5. The lowest BCUT2D eigenvalue weighted by molar-refractivity contribution is 0.0652. The van der Waals surface area contributed by atoms with E-state index in [1.807, 2.05) is 13.0 Å². The van der Waals surface area contributed by atoms with Crippen LogP contribution in [0.5, 0.6) is 0 Å². The maximum Gasteiger partial charge on any atom is 0.261 e. The van der Waals surface area contributed by atoms with Gasteiger partial charge in [-0.3, -0.25) is 19.3 Å². The molecule has 4 rings (SSSR count). The molecule has 0 saturated carbocycles. The highest BCUT2D eigenvalue weighted by molar-refractivity contribution is 6.22. The van der Waals surface area contributed by atoms with Gasteiger partial charge in [0.1, 0.15) is 0 Å². The maximum atomic E-state index is 12.7. The van der Waals surface area contributed by atoms with Gasteiger partial charge in [-0.1, -0.05) is 25.5 Å². The Balaban J connectivity index is 1.54. The minimum absolute atomic E-state index is 0.272. The van der Waals surface area contributed by atoms with Crippen molar-refractivity contribution in [2.24, 2.45) is 0 Å². The van der Waals surface area contributed by atoms with Gasteiger partial charge in [-0.25, -0.2) is 4.98 Å². The third-order valence-electron chi connectivity index (χ3n) is 4.81. The molecule has 3 aromatic rings. The normalized spacial score (nSPS) is 12.9. The Hall–Kier alpha value is -3.74. The molecular weight excluding hydrogens is 370 g/mol. The number of amides is 3. The maximum absolute atomic E-state index is 12.7. The highest BCUT2D eigenvalue weighted by atomic mass is 16.3. The van der Waals surface area contributed by atoms with Gasteiger partial charge < -0.3 is 9.73 Å². The number of imide groups is 1. The highest BCUT2D eigenvalue weighted by Crippen LogP contribution is 2.26. The molecule has 0 unspecified atom stereocenters. The molecule has 0 fully saturated rings. The molecule has 0 atom stereocenters. The summed E-state index contributed by atoms with van der Waals surface area (Å²) < 4.78 is 5.28. The molecule has 0 radical (unpaired) electrons. The number of aromatic nitrogens is 1. The van der Waals surface area contributed by atoms with Gasteiger partial charge in [-0.05, 0) is 36.8 Å². The summed E-state index contributed by atoms with van der Waals surface area (Å²) in [6.45, 7) is 2.39. The van der Waals surface area contributed by atoms with Crippen LogP contribution in [0.15, 0.2) is 59.5 Å². The van der Waals surface area contributed by atoms with Crippen LogP contribution in [0.4, 0.5) is 5.69 Å². The molecule has 1 N–H and O–H groups in total. The van der Waals surface area contributed by atoms with E-state index in [2.05, 4.69) is 10.3 Å². The molecule has 0 saturated heterocycles. The summed E-state index contributed by atoms with van der Waals surface area (Å²) in [4.78, 5) is 42.8. The zero-order chi connectivity index (χ0) is 20.4. The molecule has 0 bridgehead atoms. The number of rotatable bonds is 6. The molecule has 7 nitrogen and oxygen atoms in total. The number of fused-ring (bicyclic) bond motifs is 1. The first-order valence-corrected chi connectivity index (χ1v) is 9.39. The minimum Gasteiger partial charge on any atom is -0.444 e. The average molecular weight is 389 g/mol. The van der Waals surface area contributed by atoms with Gasteiger partial charge in [-0.15, -0.1) is 0 Å². The Morgan fingerprint density at radius 2 is 1.93 bits per heavy atom. The van der Waals surface area contributed by atoms with Gasteiger partial charge in [0.15, 0.2) is 12.2 Å². The summed E-state index contributed by atoms with van der Waals surface area (Å²) in [5.74, 6) is -0.421. The van der Waals surface area contributed by atoms with E-state index in [0.717, 1.165) is 18.4 Å². The second-order valence-electron chi connectivity index (χ2n) is 6.78. The quantitative estimate of drug-likeness (QED) is 0.644. The van der Waals surface area contributed by atoms with E-state index < -0.39 is 0 Å². The predicted octanol–water partition coefficient (Wildman–Crippen LogP) is 3.99. The van der Waals surface area contributed by atoms with Gasteiger partial charge in [0.25, 0.3) is 17.7 Å². The van der Waals surface area contributed by atoms with Crippen molar-refractivity contribution in [3.8, 4) is 11.3 Å². The third kappa shape index (κ3) is 3.54. The first kappa shape index (κ1) is 18.6. The molecule has 1 aliphatic rings. The highest BCUT2D eigenvalue weighted by Gasteiger charge is 2.35. The molecule has 3 amide bonds. The van der Waals surface area contributed by atoms with Crippen LogP contribution in [0.25, 0.3) is 11.3 Å². The van der Waals surface area contributed by atoms with Crippen LogP contribution in [-0.4, -0.2) is 34.2 Å². The van der Waals surface area contributed by atoms with Crippen molar-refractivity contribution in [3.63, 3.8) is 0 Å². The second-order valence-corrected chi connectivity index (χ2v) is 6.78. The molecule has 7 heteroatoms. The van der Waals surface area contributed by atoms with Crippen LogP contribution < -0.4 is 5.32 Å². The number of carbonyl (C=O) groups is 3. The number of oxazole rings is 1. The Morgan fingerprint density at radius 3 is 2.69 bits per heavy atom. The summed E-state index contributed by atoms with van der Waals surface area (Å²) in [6.07, 6.45) is 4.57. The van der Waals surface area contributed by atoms with Crippen molar-refractivity contribution in [2.75, 3.05) is 11.9 Å². The van der Waals surface area contributed by atoms with E-state index in [4.69, 9.17) is 4.42 Å². The summed E-state index contributed by atoms with van der Waals surface area (Å²) in [5, 5.41) is 2.81. The van der Waals surface area contributed by atoms with Crippen molar-refractivity contribution >= 4 is 23.4 Å². The van der Waals surface area contributed by atoms with Gasteiger partial charge in [0.2, 0.25) is 0 Å². The molecule has 2 heterocycles. The smallest absolute Gasteiger partial charge is 0.261 e. The number of carbonyl (C=O) groups excluding carboxylic acids is 3. The van der Waals surface area contributed by atoms with Crippen LogP contribution >= 0.6 is 0 Å². The number of hydrogen-bond donors (Lipinski definition) is 1. The first-order chi connectivity index (χ1) is 14.1. The molecule has 2 aromatic carbocycles. The second kappa shape index (κ2) is 7.71. The van der Waals surface area contributed by atoms with Crippen LogP contribution in [-0.2, 0) is 0 Å². The van der Waals surface area contributed by atoms with Crippen molar-refractivity contribution in [1.82, 2.24) is 9.88 Å². The standard InChI is InChI=1S/C22H19N3O4/c1-2-3-9-25-21(27)17-8-7-15(11-18(17)22(25)28)20(26)24-16-6-4-5-14(10-16)19-12-23-13-29-19/h4-8,10-13H,2-3,9H2,1H3,(H,24,26). The summed E-state index contributed by atoms with van der Waals surface area (Å²) in [7, 11) is 0. The van der Waals surface area contributed by atoms with Crippen LogP contribution in [0.2, 0.25) is 0 Å². The third-order valence-corrected chi connectivity index (χ3v) is 4.81. The fraction of sp³-hybridized carbons (Fsp3) is 0.182. The number of anilines is 1. The van der Waals surface area contributed by atoms with E-state index in [0.29, 0.717) is 29.1 Å². The van der Waals surface area contributed by atoms with E-state index in [9.17, 15) is 14.4 Å². The van der Waals surface area contributed by atoms with Crippen molar-refractivity contribution in [2.45, 2.75) is 19.8 Å². The number of nitrogens with zero attached hydrogens (tertiary/aromatic N) is 2. The van der Waals surface area contributed by atoms with Gasteiger partial charge in [-0.2, -0.15) is 0 Å². The zero-order valence-electron chi connectivity index (χ0n) is 15.8. The van der Waals surface area contributed by atoms with Gasteiger partial charge >= 0.3 is 0 Å². The molecular formula is C22H19N3O4. The Bertz CT molecular complexity index is 1090. The fourth-order valence-corrected chi connectivity index (χ4v) is 3.26. The molecule has 146 valence electrons. The molecule has 0 spiro atoms. The Kier molecular flexibility index (Phi) is 4.95. The van der Waals surface area contributed by atoms with Crippen molar-refractivity contribution in [1.29, 1.82) is 0 Å². The first-order valence-electron chi connectivity index (χ1n) is 9.39. The van der Waals surface area contributed by atoms with Gasteiger partial charge in [0.05, 0.1) is 17.3 Å². The summed E-state index contributed by atoms with van der Waals surface area (Å²) >= 11 is 0. The summed E-state index contributed by atoms with van der Waals surface area (Å²) in [5.41, 5.74) is 2.29. The van der Waals surface area contributed by atoms with Gasteiger partial charge in [0, 0.05) is 23.4 Å². The lowest BCUT2D eigenvalue weighted by Crippen LogP contribution is -2.30. The lowest BCUT2D eigenvalue weighted by atomic mass is 10.1. The summed E-state index contributed by atoms with van der Waals surface area (Å²) in [6, 6.07) is 11.8. The van der Waals surface area contributed by atoms with Crippen molar-refractivity contribution < 1.29 is 18.8 Å². The number of nitrogens with one attached hydrogen (secondary N) is 1. The van der Waals surface area contributed by atoms with E-state index in [-0.39, 0.29) is 23.3 Å². The van der Waals surface area contributed by atoms with Crippen LogP contribution in [0.3, 0.4) is 0 Å². The topological polar surface area (TPSA) is 92.5 Å². The Labute approximate surface area is 167 Å². The fourth-order valence-electron chi connectivity index (χ4n) is 3.26. The molecule has 1 aromatic heterocycles. The van der Waals surface area contributed by atoms with Crippen LogP contribution in [0.1, 0.15) is 50.8 Å². The monoisotopic (exact) mass is 389 g/mol. The van der Waals surface area contributed by atoms with Crippen molar-refractivity contribution in [3.05, 3.63) is 71.7 Å². The zero-order valence-corrected chi connectivity index (χ0v) is 15.8. The van der Waals surface area contributed by atoms with Crippen LogP contribution in [0, 0.1) is 0 Å². The Morgan fingerprint density at radius 1 is 1.10 bits per heavy atom. The SMILES string of the molecule is CCCCN1C(=O)c2ccc(C(=O)Nc3cccc(-c4cnco4)c3)cc2C1=O. The molecule has 1 aliphatic heterocycles. The minimum atomic E-state index is -0.366. The number of benzene rings is 2. The van der Waals surface area contributed by atoms with E-state index in [1.165, 1.54) is 17.4 Å². The molecule has 29 heavy (non-hydrogen) atoms. The predicted molar refractivity (Wildman–Crippen MR) is 107 cm³/mol. The van der Waals surface area contributed by atoms with E-state index in [1.54, 1.807) is 36.5 Å². The largest absolute Gasteiger partial charge is 0.444 e.